The van der Waals surface area contributed by atoms with Gasteiger partial charge in [0.2, 0.25) is 11.8 Å². The van der Waals surface area contributed by atoms with Gasteiger partial charge in [0, 0.05) is 12.1 Å². The van der Waals surface area contributed by atoms with E-state index in [0.29, 0.717) is 17.9 Å². The van der Waals surface area contributed by atoms with E-state index < -0.39 is 34.1 Å². The van der Waals surface area contributed by atoms with E-state index in [2.05, 4.69) is 5.32 Å². The molecule has 0 aliphatic heterocycles. The van der Waals surface area contributed by atoms with Crippen molar-refractivity contribution in [1.29, 1.82) is 0 Å². The minimum atomic E-state index is -4.14. The second-order valence-corrected chi connectivity index (χ2v) is 12.4. The van der Waals surface area contributed by atoms with Crippen LogP contribution >= 0.6 is 0 Å². The average Bonchev–Trinajstić information content (AvgIpc) is 2.95. The van der Waals surface area contributed by atoms with Crippen LogP contribution in [0, 0.1) is 0 Å². The molecule has 1 unspecified atom stereocenters. The topological polar surface area (TPSA) is 105 Å². The van der Waals surface area contributed by atoms with E-state index in [1.54, 1.807) is 67.8 Å². The van der Waals surface area contributed by atoms with Crippen LogP contribution in [0.3, 0.4) is 0 Å². The Morgan fingerprint density at radius 1 is 0.878 bits per heavy atom. The quantitative estimate of drug-likeness (QED) is 0.335. The third-order valence-electron chi connectivity index (χ3n) is 6.34. The van der Waals surface area contributed by atoms with Crippen molar-refractivity contribution in [2.45, 2.75) is 57.1 Å². The number of carbonyl (C=O) groups excluding carboxylic acids is 2. The Morgan fingerprint density at radius 3 is 2.07 bits per heavy atom. The standard InChI is InChI=1S/C31H39N3O6S/c1-7-28(30(36)32-31(2,3)4)33(21-23-12-11-13-26(20-23)40-6)29(35)22-34(24-16-18-25(39-5)19-17-24)41(37,38)27-14-9-8-10-15-27/h8-20,28H,7,21-22H2,1-6H3,(H,32,36). The number of methoxy groups -OCH3 is 2. The second kappa shape index (κ2) is 13.5. The maximum atomic E-state index is 14.1. The van der Waals surface area contributed by atoms with Gasteiger partial charge in [-0.1, -0.05) is 37.3 Å². The van der Waals surface area contributed by atoms with Gasteiger partial charge in [-0.25, -0.2) is 8.42 Å². The molecule has 0 radical (unpaired) electrons. The predicted octanol–water partition coefficient (Wildman–Crippen LogP) is 4.62. The van der Waals surface area contributed by atoms with E-state index in [1.807, 2.05) is 33.8 Å². The summed E-state index contributed by atoms with van der Waals surface area (Å²) in [7, 11) is -1.08. The normalized spacial score (nSPS) is 12.2. The zero-order valence-corrected chi connectivity index (χ0v) is 25.3. The highest BCUT2D eigenvalue weighted by Gasteiger charge is 2.34. The highest BCUT2D eigenvalue weighted by Crippen LogP contribution is 2.27. The van der Waals surface area contributed by atoms with Crippen molar-refractivity contribution in [3.8, 4) is 11.5 Å². The molecule has 3 aromatic carbocycles. The molecule has 0 bridgehead atoms. The van der Waals surface area contributed by atoms with Gasteiger partial charge in [0.25, 0.3) is 10.0 Å². The monoisotopic (exact) mass is 581 g/mol. The van der Waals surface area contributed by atoms with Crippen LogP contribution in [0.4, 0.5) is 5.69 Å². The van der Waals surface area contributed by atoms with Crippen LogP contribution in [-0.4, -0.2) is 57.5 Å². The van der Waals surface area contributed by atoms with Crippen molar-refractivity contribution in [2.75, 3.05) is 25.1 Å². The number of carbonyl (C=O) groups is 2. The Morgan fingerprint density at radius 2 is 1.51 bits per heavy atom. The first kappa shape index (κ1) is 31.5. The first-order valence-electron chi connectivity index (χ1n) is 13.4. The van der Waals surface area contributed by atoms with E-state index in [9.17, 15) is 18.0 Å². The fourth-order valence-corrected chi connectivity index (χ4v) is 5.77. The SMILES string of the molecule is CCC(C(=O)NC(C)(C)C)N(Cc1cccc(OC)c1)C(=O)CN(c1ccc(OC)cc1)S(=O)(=O)c1ccccc1. The summed E-state index contributed by atoms with van der Waals surface area (Å²) in [5.41, 5.74) is 0.499. The van der Waals surface area contributed by atoms with Crippen LogP contribution in [0.15, 0.2) is 83.8 Å². The van der Waals surface area contributed by atoms with Crippen molar-refractivity contribution in [1.82, 2.24) is 10.2 Å². The van der Waals surface area contributed by atoms with Gasteiger partial charge in [0.15, 0.2) is 0 Å². The predicted molar refractivity (Wildman–Crippen MR) is 159 cm³/mol. The lowest BCUT2D eigenvalue weighted by Crippen LogP contribution is -2.55. The Kier molecular flexibility index (Phi) is 10.4. The fraction of sp³-hybridized carbons (Fsp3) is 0.355. The summed E-state index contributed by atoms with van der Waals surface area (Å²) in [6.07, 6.45) is 0.325. The molecule has 0 fully saturated rings. The van der Waals surface area contributed by atoms with Gasteiger partial charge >= 0.3 is 0 Å². The van der Waals surface area contributed by atoms with Crippen molar-refractivity contribution >= 4 is 27.5 Å². The molecule has 0 aliphatic rings. The van der Waals surface area contributed by atoms with Crippen LogP contribution in [0.2, 0.25) is 0 Å². The maximum absolute atomic E-state index is 14.1. The average molecular weight is 582 g/mol. The van der Waals surface area contributed by atoms with Crippen molar-refractivity contribution in [2.24, 2.45) is 0 Å². The van der Waals surface area contributed by atoms with Crippen LogP contribution in [-0.2, 0) is 26.2 Å². The van der Waals surface area contributed by atoms with Crippen LogP contribution < -0.4 is 19.1 Å². The molecule has 0 saturated heterocycles. The zero-order chi connectivity index (χ0) is 30.2. The number of rotatable bonds is 12. The van der Waals surface area contributed by atoms with Crippen LogP contribution in [0.1, 0.15) is 39.7 Å². The van der Waals surface area contributed by atoms with E-state index in [-0.39, 0.29) is 23.0 Å². The molecule has 10 heteroatoms. The highest BCUT2D eigenvalue weighted by molar-refractivity contribution is 7.92. The van der Waals surface area contributed by atoms with Crippen LogP contribution in [0.25, 0.3) is 0 Å². The molecule has 220 valence electrons. The summed E-state index contributed by atoms with van der Waals surface area (Å²) in [5.74, 6) is 0.299. The number of benzene rings is 3. The first-order valence-corrected chi connectivity index (χ1v) is 14.8. The molecule has 1 atom stereocenters. The second-order valence-electron chi connectivity index (χ2n) is 10.6. The molecule has 41 heavy (non-hydrogen) atoms. The minimum absolute atomic E-state index is 0.0421. The van der Waals surface area contributed by atoms with Gasteiger partial charge in [0.1, 0.15) is 24.1 Å². The lowest BCUT2D eigenvalue weighted by Gasteiger charge is -2.34. The minimum Gasteiger partial charge on any atom is -0.497 e. The van der Waals surface area contributed by atoms with E-state index in [0.717, 1.165) is 9.87 Å². The summed E-state index contributed by atoms with van der Waals surface area (Å²) in [6, 6.07) is 20.7. The molecule has 0 spiro atoms. The molecule has 0 saturated carbocycles. The van der Waals surface area contributed by atoms with Gasteiger partial charge in [-0.3, -0.25) is 13.9 Å². The van der Waals surface area contributed by atoms with E-state index in [4.69, 9.17) is 9.47 Å². The molecule has 9 nitrogen and oxygen atoms in total. The molecular formula is C31H39N3O6S. The summed E-state index contributed by atoms with van der Waals surface area (Å²) in [6.45, 7) is 6.97. The smallest absolute Gasteiger partial charge is 0.264 e. The summed E-state index contributed by atoms with van der Waals surface area (Å²) < 4.78 is 39.4. The molecule has 3 rings (SSSR count). The zero-order valence-electron chi connectivity index (χ0n) is 24.5. The Labute approximate surface area is 243 Å². The summed E-state index contributed by atoms with van der Waals surface area (Å²) in [4.78, 5) is 29.0. The summed E-state index contributed by atoms with van der Waals surface area (Å²) >= 11 is 0. The van der Waals surface area contributed by atoms with E-state index in [1.165, 1.54) is 24.1 Å². The van der Waals surface area contributed by atoms with Crippen molar-refractivity contribution < 1.29 is 27.5 Å². The number of amides is 2. The molecule has 1 N–H and O–H groups in total. The molecule has 0 aliphatic carbocycles. The molecular weight excluding hydrogens is 542 g/mol. The molecule has 3 aromatic rings. The molecule has 0 aromatic heterocycles. The maximum Gasteiger partial charge on any atom is 0.264 e. The van der Waals surface area contributed by atoms with Gasteiger partial charge in [0.05, 0.1) is 24.8 Å². The highest BCUT2D eigenvalue weighted by atomic mass is 32.2. The largest absolute Gasteiger partial charge is 0.497 e. The van der Waals surface area contributed by atoms with Gasteiger partial charge in [-0.15, -0.1) is 0 Å². The number of hydrogen-bond acceptors (Lipinski definition) is 6. The number of hydrogen-bond donors (Lipinski definition) is 1. The van der Waals surface area contributed by atoms with Crippen molar-refractivity contribution in [3.63, 3.8) is 0 Å². The third-order valence-corrected chi connectivity index (χ3v) is 8.13. The number of sulfonamides is 1. The van der Waals surface area contributed by atoms with Gasteiger partial charge < -0.3 is 19.7 Å². The number of nitrogens with one attached hydrogen (secondary N) is 1. The fourth-order valence-electron chi connectivity index (χ4n) is 4.34. The third kappa shape index (κ3) is 8.23. The molecule has 0 heterocycles. The van der Waals surface area contributed by atoms with Crippen LogP contribution in [0.5, 0.6) is 11.5 Å². The van der Waals surface area contributed by atoms with Gasteiger partial charge in [-0.2, -0.15) is 0 Å². The Balaban J connectivity index is 2.07. The number of nitrogens with zero attached hydrogens (tertiary/aromatic N) is 2. The Hall–Kier alpha value is -4.05. The first-order chi connectivity index (χ1) is 19.4. The number of anilines is 1. The molecule has 2 amide bonds. The lowest BCUT2D eigenvalue weighted by molar-refractivity contribution is -0.141. The van der Waals surface area contributed by atoms with Gasteiger partial charge in [-0.05, 0) is 81.3 Å². The Bertz CT molecular complexity index is 1420. The summed E-state index contributed by atoms with van der Waals surface area (Å²) in [5, 5.41) is 2.96. The van der Waals surface area contributed by atoms with Crippen molar-refractivity contribution in [3.05, 3.63) is 84.4 Å². The lowest BCUT2D eigenvalue weighted by atomic mass is 10.1. The van der Waals surface area contributed by atoms with E-state index >= 15 is 0 Å². The number of ether oxygens (including phenoxy) is 2.